The number of benzene rings is 2. The molecule has 144 valence electrons. The van der Waals surface area contributed by atoms with E-state index in [1.807, 2.05) is 41.8 Å². The number of amides is 1. The molecule has 0 fully saturated rings. The minimum Gasteiger partial charge on any atom is -0.453 e. The molecule has 6 rings (SSSR count). The molecule has 1 spiro atoms. The number of hydrogen-bond donors (Lipinski definition) is 1. The van der Waals surface area contributed by atoms with E-state index < -0.39 is 5.72 Å². The van der Waals surface area contributed by atoms with Crippen LogP contribution in [0, 0.1) is 0 Å². The molecule has 0 bridgehead atoms. The first-order chi connectivity index (χ1) is 14.1. The Balaban J connectivity index is 1.62. The van der Waals surface area contributed by atoms with E-state index in [1.54, 1.807) is 28.5 Å². The second-order valence-electron chi connectivity index (χ2n) is 7.14. The molecule has 3 aromatic rings. The highest BCUT2D eigenvalue weighted by atomic mass is 35.5. The van der Waals surface area contributed by atoms with Gasteiger partial charge in [0.1, 0.15) is 5.75 Å². The zero-order valence-corrected chi connectivity index (χ0v) is 17.2. The van der Waals surface area contributed by atoms with Crippen LogP contribution in [0.2, 0.25) is 10.0 Å². The minimum atomic E-state index is -1.46. The van der Waals surface area contributed by atoms with Gasteiger partial charge in [0.15, 0.2) is 0 Å². The van der Waals surface area contributed by atoms with Crippen molar-refractivity contribution in [2.45, 2.75) is 18.2 Å². The number of rotatable bonds is 1. The smallest absolute Gasteiger partial charge is 0.306 e. The number of halogens is 2. The predicted octanol–water partition coefficient (Wildman–Crippen LogP) is 5.40. The zero-order chi connectivity index (χ0) is 19.8. The summed E-state index contributed by atoms with van der Waals surface area (Å²) in [4.78, 5) is 14.4. The van der Waals surface area contributed by atoms with Crippen molar-refractivity contribution in [3.63, 3.8) is 0 Å². The number of carbonyl (C=O) groups is 1. The van der Waals surface area contributed by atoms with Crippen molar-refractivity contribution in [2.75, 3.05) is 5.32 Å². The molecule has 0 radical (unpaired) electrons. The predicted molar refractivity (Wildman–Crippen MR) is 114 cm³/mol. The van der Waals surface area contributed by atoms with Crippen molar-refractivity contribution in [1.82, 2.24) is 5.01 Å². The number of nitrogens with one attached hydrogen (secondary N) is 1. The topological polar surface area (TPSA) is 53.9 Å². The van der Waals surface area contributed by atoms with Gasteiger partial charge in [0.05, 0.1) is 32.9 Å². The summed E-state index contributed by atoms with van der Waals surface area (Å²) in [6.45, 7) is 0. The minimum absolute atomic E-state index is 0.133. The molecular formula is C21H13Cl2N3O2S. The molecule has 0 saturated carbocycles. The van der Waals surface area contributed by atoms with Crippen LogP contribution >= 0.6 is 34.5 Å². The number of carbonyl (C=O) groups excluding carboxylic acids is 1. The molecule has 2 unspecified atom stereocenters. The summed E-state index contributed by atoms with van der Waals surface area (Å²) >= 11 is 14.3. The largest absolute Gasteiger partial charge is 0.453 e. The summed E-state index contributed by atoms with van der Waals surface area (Å²) < 4.78 is 6.40. The van der Waals surface area contributed by atoms with E-state index in [-0.39, 0.29) is 11.9 Å². The molecule has 2 aromatic carbocycles. The second-order valence-corrected chi connectivity index (χ2v) is 8.93. The van der Waals surface area contributed by atoms with Gasteiger partial charge in [-0.1, -0.05) is 47.5 Å². The van der Waals surface area contributed by atoms with Gasteiger partial charge in [-0.15, -0.1) is 11.3 Å². The van der Waals surface area contributed by atoms with Crippen LogP contribution in [0.4, 0.5) is 5.69 Å². The third kappa shape index (κ3) is 2.28. The van der Waals surface area contributed by atoms with E-state index in [4.69, 9.17) is 33.0 Å². The molecule has 1 N–H and O–H groups in total. The molecule has 1 aromatic heterocycles. The van der Waals surface area contributed by atoms with E-state index >= 15 is 0 Å². The van der Waals surface area contributed by atoms with Crippen molar-refractivity contribution in [3.8, 4) is 5.75 Å². The van der Waals surface area contributed by atoms with E-state index in [0.717, 1.165) is 16.2 Å². The molecule has 5 nitrogen and oxygen atoms in total. The fraction of sp³-hybridized carbons (Fsp3) is 0.143. The summed E-state index contributed by atoms with van der Waals surface area (Å²) in [6, 6.07) is 15.0. The molecule has 1 amide bonds. The Labute approximate surface area is 180 Å². The lowest BCUT2D eigenvalue weighted by molar-refractivity contribution is -0.161. The van der Waals surface area contributed by atoms with Gasteiger partial charge in [0, 0.05) is 17.0 Å². The number of hydrazone groups is 1. The van der Waals surface area contributed by atoms with Gasteiger partial charge < -0.3 is 10.1 Å². The summed E-state index contributed by atoms with van der Waals surface area (Å²) in [6.07, 6.45) is 0.680. The van der Waals surface area contributed by atoms with E-state index in [1.165, 1.54) is 0 Å². The van der Waals surface area contributed by atoms with Crippen LogP contribution in [-0.4, -0.2) is 16.6 Å². The Kier molecular flexibility index (Phi) is 3.57. The van der Waals surface area contributed by atoms with Crippen LogP contribution in [-0.2, 0) is 10.5 Å². The van der Waals surface area contributed by atoms with Gasteiger partial charge in [-0.05, 0) is 29.6 Å². The van der Waals surface area contributed by atoms with Gasteiger partial charge >= 0.3 is 5.72 Å². The average molecular weight is 442 g/mol. The normalized spacial score (nSPS) is 23.9. The molecule has 0 aliphatic carbocycles. The number of para-hydroxylation sites is 1. The SMILES string of the molecule is O=C1Nc2c(Cl)cc(Cl)cc2C12Oc1ccccc1C1CC(c3cccs3)=NN12. The quantitative estimate of drug-likeness (QED) is 0.549. The van der Waals surface area contributed by atoms with Crippen LogP contribution in [0.1, 0.15) is 28.5 Å². The zero-order valence-electron chi connectivity index (χ0n) is 14.9. The molecule has 0 saturated heterocycles. The lowest BCUT2D eigenvalue weighted by atomic mass is 9.93. The van der Waals surface area contributed by atoms with Crippen molar-refractivity contribution < 1.29 is 9.53 Å². The Morgan fingerprint density at radius 2 is 2.07 bits per heavy atom. The van der Waals surface area contributed by atoms with Gasteiger partial charge in [0.2, 0.25) is 0 Å². The van der Waals surface area contributed by atoms with Crippen molar-refractivity contribution in [2.24, 2.45) is 5.10 Å². The number of thiophene rings is 1. The van der Waals surface area contributed by atoms with Crippen molar-refractivity contribution >= 4 is 51.8 Å². The maximum absolute atomic E-state index is 13.4. The molecule has 4 heterocycles. The third-order valence-corrected chi connectivity index (χ3v) is 6.98. The van der Waals surface area contributed by atoms with Gasteiger partial charge in [-0.25, -0.2) is 5.01 Å². The first-order valence-electron chi connectivity index (χ1n) is 9.07. The summed E-state index contributed by atoms with van der Waals surface area (Å²) in [5, 5.41) is 12.4. The standard InChI is InChI=1S/C21H13Cl2N3O2S/c22-11-8-13-19(14(23)9-11)24-20(27)21(13)26-16(12-4-1-2-5-17(12)28-21)10-15(25-26)18-6-3-7-29-18/h1-9,16H,10H2,(H,24,27). The fourth-order valence-corrected chi connectivity index (χ4v) is 5.57. The van der Waals surface area contributed by atoms with Crippen LogP contribution in [0.5, 0.6) is 5.75 Å². The highest BCUT2D eigenvalue weighted by Gasteiger charge is 2.61. The Hall–Kier alpha value is -2.54. The Morgan fingerprint density at radius 3 is 2.90 bits per heavy atom. The molecule has 29 heavy (non-hydrogen) atoms. The fourth-order valence-electron chi connectivity index (χ4n) is 4.31. The molecule has 2 atom stereocenters. The van der Waals surface area contributed by atoms with Gasteiger partial charge in [-0.2, -0.15) is 5.10 Å². The lowest BCUT2D eigenvalue weighted by Crippen LogP contribution is -2.55. The van der Waals surface area contributed by atoms with Crippen LogP contribution in [0.3, 0.4) is 0 Å². The summed E-state index contributed by atoms with van der Waals surface area (Å²) in [7, 11) is 0. The van der Waals surface area contributed by atoms with Crippen LogP contribution in [0.15, 0.2) is 59.0 Å². The van der Waals surface area contributed by atoms with E-state index in [2.05, 4.69) is 5.32 Å². The van der Waals surface area contributed by atoms with Gasteiger partial charge in [0.25, 0.3) is 5.91 Å². The van der Waals surface area contributed by atoms with E-state index in [0.29, 0.717) is 33.5 Å². The average Bonchev–Trinajstić information content (AvgIpc) is 3.43. The number of hydrogen-bond acceptors (Lipinski definition) is 5. The number of ether oxygens (including phenoxy) is 1. The number of fused-ring (bicyclic) bond motifs is 6. The Morgan fingerprint density at radius 1 is 1.21 bits per heavy atom. The maximum Gasteiger partial charge on any atom is 0.306 e. The lowest BCUT2D eigenvalue weighted by Gasteiger charge is -2.44. The van der Waals surface area contributed by atoms with Crippen molar-refractivity contribution in [3.05, 3.63) is 80.0 Å². The first-order valence-corrected chi connectivity index (χ1v) is 10.7. The monoisotopic (exact) mass is 441 g/mol. The molecular weight excluding hydrogens is 429 g/mol. The molecule has 3 aliphatic heterocycles. The maximum atomic E-state index is 13.4. The summed E-state index contributed by atoms with van der Waals surface area (Å²) in [5.74, 6) is 0.336. The highest BCUT2D eigenvalue weighted by Crippen LogP contribution is 2.55. The number of nitrogens with zero attached hydrogens (tertiary/aromatic N) is 2. The third-order valence-electron chi connectivity index (χ3n) is 5.54. The molecule has 8 heteroatoms. The van der Waals surface area contributed by atoms with E-state index in [9.17, 15) is 4.79 Å². The first kappa shape index (κ1) is 17.3. The molecule has 3 aliphatic rings. The van der Waals surface area contributed by atoms with Crippen LogP contribution < -0.4 is 10.1 Å². The van der Waals surface area contributed by atoms with Gasteiger partial charge in [-0.3, -0.25) is 4.79 Å². The van der Waals surface area contributed by atoms with Crippen LogP contribution in [0.25, 0.3) is 0 Å². The van der Waals surface area contributed by atoms with Crippen molar-refractivity contribution in [1.29, 1.82) is 0 Å². The number of anilines is 1. The highest BCUT2D eigenvalue weighted by molar-refractivity contribution is 7.12. The Bertz CT molecular complexity index is 1210. The second kappa shape index (κ2) is 5.98. The summed E-state index contributed by atoms with van der Waals surface area (Å²) in [5.41, 5.74) is 1.57.